The zero-order valence-corrected chi connectivity index (χ0v) is 13.6. The summed E-state index contributed by atoms with van der Waals surface area (Å²) in [6.45, 7) is 2.12. The summed E-state index contributed by atoms with van der Waals surface area (Å²) in [6.07, 6.45) is 0. The predicted molar refractivity (Wildman–Crippen MR) is 90.7 cm³/mol. The molecule has 1 aromatic heterocycles. The molecule has 1 aliphatic heterocycles. The molecule has 0 aliphatic carbocycles. The third kappa shape index (κ3) is 2.55. The van der Waals surface area contributed by atoms with E-state index in [0.29, 0.717) is 28.9 Å². The van der Waals surface area contributed by atoms with Gasteiger partial charge in [-0.25, -0.2) is 0 Å². The molecule has 7 heteroatoms. The van der Waals surface area contributed by atoms with Crippen LogP contribution in [-0.2, 0) is 11.3 Å². The number of carbonyl (C=O) groups is 1. The molecule has 0 fully saturated rings. The predicted octanol–water partition coefficient (Wildman–Crippen LogP) is 3.43. The van der Waals surface area contributed by atoms with Crippen LogP contribution in [0.5, 0.6) is 11.5 Å². The highest BCUT2D eigenvalue weighted by Gasteiger charge is 2.18. The fraction of sp³-hybridized carbons (Fsp3) is 0.176. The third-order valence-corrected chi connectivity index (χ3v) is 4.17. The van der Waals surface area contributed by atoms with Crippen LogP contribution >= 0.6 is 11.6 Å². The smallest absolute Gasteiger partial charge is 0.231 e. The molecule has 2 heterocycles. The van der Waals surface area contributed by atoms with Crippen molar-refractivity contribution in [3.05, 3.63) is 47.0 Å². The minimum atomic E-state index is -0.161. The molecule has 2 aromatic carbocycles. The lowest BCUT2D eigenvalue weighted by Crippen LogP contribution is -2.08. The lowest BCUT2D eigenvalue weighted by molar-refractivity contribution is -0.114. The number of halogens is 1. The van der Waals surface area contributed by atoms with Crippen LogP contribution in [0.3, 0.4) is 0 Å². The van der Waals surface area contributed by atoms with E-state index in [-0.39, 0.29) is 12.7 Å². The number of benzene rings is 2. The van der Waals surface area contributed by atoms with Gasteiger partial charge >= 0.3 is 0 Å². The molecule has 0 saturated heterocycles. The Morgan fingerprint density at radius 1 is 1.29 bits per heavy atom. The highest BCUT2D eigenvalue weighted by Crippen LogP contribution is 2.37. The summed E-state index contributed by atoms with van der Waals surface area (Å²) in [7, 11) is 0. The van der Waals surface area contributed by atoms with Crippen molar-refractivity contribution >= 4 is 34.2 Å². The van der Waals surface area contributed by atoms with Gasteiger partial charge < -0.3 is 14.8 Å². The number of hydrogen-bond donors (Lipinski definition) is 1. The van der Waals surface area contributed by atoms with Gasteiger partial charge in [0.25, 0.3) is 0 Å². The van der Waals surface area contributed by atoms with Crippen molar-refractivity contribution in [2.45, 2.75) is 13.5 Å². The topological polar surface area (TPSA) is 65.4 Å². The Bertz CT molecular complexity index is 952. The number of nitrogens with one attached hydrogen (secondary N) is 1. The molecule has 0 bridgehead atoms. The molecule has 122 valence electrons. The van der Waals surface area contributed by atoms with Gasteiger partial charge in [-0.1, -0.05) is 23.7 Å². The number of ether oxygens (including phenoxy) is 2. The second kappa shape index (κ2) is 5.72. The van der Waals surface area contributed by atoms with Crippen molar-refractivity contribution in [1.29, 1.82) is 0 Å². The number of carbonyl (C=O) groups excluding carboxylic acids is 1. The summed E-state index contributed by atoms with van der Waals surface area (Å²) >= 11 is 6.35. The second-order valence-electron chi connectivity index (χ2n) is 5.50. The number of fused-ring (bicyclic) bond motifs is 2. The Balaban J connectivity index is 1.76. The first-order valence-electron chi connectivity index (χ1n) is 7.43. The van der Waals surface area contributed by atoms with Gasteiger partial charge in [-0.2, -0.15) is 5.10 Å². The number of hydrogen-bond acceptors (Lipinski definition) is 4. The Kier molecular flexibility index (Phi) is 3.54. The van der Waals surface area contributed by atoms with E-state index in [0.717, 1.165) is 16.5 Å². The molecular weight excluding hydrogens is 330 g/mol. The average molecular weight is 344 g/mol. The number of rotatable bonds is 3. The fourth-order valence-electron chi connectivity index (χ4n) is 2.75. The zero-order chi connectivity index (χ0) is 16.7. The lowest BCUT2D eigenvalue weighted by Gasteiger charge is -2.07. The molecule has 6 nitrogen and oxygen atoms in total. The first kappa shape index (κ1) is 14.8. The number of nitrogens with zero attached hydrogens (tertiary/aromatic N) is 2. The van der Waals surface area contributed by atoms with Crippen LogP contribution in [0, 0.1) is 0 Å². The summed E-state index contributed by atoms with van der Waals surface area (Å²) < 4.78 is 12.5. The molecule has 1 N–H and O–H groups in total. The lowest BCUT2D eigenvalue weighted by atomic mass is 10.2. The number of aromatic nitrogens is 2. The van der Waals surface area contributed by atoms with E-state index >= 15 is 0 Å². The van der Waals surface area contributed by atoms with Gasteiger partial charge in [0.15, 0.2) is 17.3 Å². The van der Waals surface area contributed by atoms with E-state index in [1.54, 1.807) is 6.07 Å². The van der Waals surface area contributed by atoms with Crippen LogP contribution in [0.2, 0.25) is 5.02 Å². The van der Waals surface area contributed by atoms with Crippen molar-refractivity contribution in [2.24, 2.45) is 0 Å². The largest absolute Gasteiger partial charge is 0.454 e. The van der Waals surface area contributed by atoms with Gasteiger partial charge in [-0.3, -0.25) is 9.48 Å². The van der Waals surface area contributed by atoms with Crippen molar-refractivity contribution in [3.8, 4) is 11.5 Å². The maximum absolute atomic E-state index is 11.4. The standard InChI is InChI=1S/C17H14ClN3O3/c1-10(22)19-17-12-4-2-3-5-14(12)21(20-17)8-11-6-15-16(7-13(11)18)24-9-23-15/h2-7H,8-9H2,1H3,(H,19,20,22). The van der Waals surface area contributed by atoms with Crippen molar-refractivity contribution in [2.75, 3.05) is 12.1 Å². The monoisotopic (exact) mass is 343 g/mol. The van der Waals surface area contributed by atoms with Crippen LogP contribution in [0.15, 0.2) is 36.4 Å². The van der Waals surface area contributed by atoms with Gasteiger partial charge in [0.05, 0.1) is 12.1 Å². The minimum absolute atomic E-state index is 0.161. The first-order chi connectivity index (χ1) is 11.6. The van der Waals surface area contributed by atoms with Crippen LogP contribution in [-0.4, -0.2) is 22.5 Å². The normalized spacial score (nSPS) is 12.6. The third-order valence-electron chi connectivity index (χ3n) is 3.81. The van der Waals surface area contributed by atoms with E-state index in [9.17, 15) is 4.79 Å². The van der Waals surface area contributed by atoms with E-state index in [1.807, 2.05) is 35.0 Å². The van der Waals surface area contributed by atoms with Crippen LogP contribution in [0.1, 0.15) is 12.5 Å². The molecule has 0 atom stereocenters. The number of para-hydroxylation sites is 1. The highest BCUT2D eigenvalue weighted by molar-refractivity contribution is 6.31. The first-order valence-corrected chi connectivity index (χ1v) is 7.81. The average Bonchev–Trinajstić information content (AvgIpc) is 3.13. The Morgan fingerprint density at radius 2 is 2.04 bits per heavy atom. The van der Waals surface area contributed by atoms with Gasteiger partial charge in [-0.15, -0.1) is 0 Å². The Hall–Kier alpha value is -2.73. The summed E-state index contributed by atoms with van der Waals surface area (Å²) in [5, 5.41) is 8.74. The minimum Gasteiger partial charge on any atom is -0.454 e. The fourth-order valence-corrected chi connectivity index (χ4v) is 2.96. The molecule has 0 radical (unpaired) electrons. The van der Waals surface area contributed by atoms with Gasteiger partial charge in [0.1, 0.15) is 0 Å². The molecule has 1 amide bonds. The van der Waals surface area contributed by atoms with Crippen molar-refractivity contribution < 1.29 is 14.3 Å². The summed E-state index contributed by atoms with van der Waals surface area (Å²) in [5.41, 5.74) is 1.78. The van der Waals surface area contributed by atoms with E-state index in [4.69, 9.17) is 21.1 Å². The van der Waals surface area contributed by atoms with Gasteiger partial charge in [0, 0.05) is 23.4 Å². The summed E-state index contributed by atoms with van der Waals surface area (Å²) in [6, 6.07) is 11.3. The molecule has 3 aromatic rings. The molecule has 1 aliphatic rings. The molecule has 24 heavy (non-hydrogen) atoms. The maximum Gasteiger partial charge on any atom is 0.231 e. The van der Waals surface area contributed by atoms with Gasteiger partial charge in [0.2, 0.25) is 12.7 Å². The molecule has 0 unspecified atom stereocenters. The van der Waals surface area contributed by atoms with E-state index < -0.39 is 0 Å². The van der Waals surface area contributed by atoms with Crippen LogP contribution in [0.25, 0.3) is 10.9 Å². The highest BCUT2D eigenvalue weighted by atomic mass is 35.5. The van der Waals surface area contributed by atoms with E-state index in [1.165, 1.54) is 6.92 Å². The van der Waals surface area contributed by atoms with Crippen molar-refractivity contribution in [1.82, 2.24) is 9.78 Å². The van der Waals surface area contributed by atoms with Crippen LogP contribution < -0.4 is 14.8 Å². The maximum atomic E-state index is 11.4. The summed E-state index contributed by atoms with van der Waals surface area (Å²) in [4.78, 5) is 11.4. The van der Waals surface area contributed by atoms with Crippen LogP contribution in [0.4, 0.5) is 5.82 Å². The zero-order valence-electron chi connectivity index (χ0n) is 12.9. The Morgan fingerprint density at radius 3 is 2.83 bits per heavy atom. The second-order valence-corrected chi connectivity index (χ2v) is 5.91. The van der Waals surface area contributed by atoms with Gasteiger partial charge in [-0.05, 0) is 23.8 Å². The molecular formula is C17H14ClN3O3. The SMILES string of the molecule is CC(=O)Nc1nn(Cc2cc3c(cc2Cl)OCO3)c2ccccc12. The Labute approximate surface area is 142 Å². The number of anilines is 1. The molecule has 0 saturated carbocycles. The van der Waals surface area contributed by atoms with Crippen molar-refractivity contribution in [3.63, 3.8) is 0 Å². The summed E-state index contributed by atoms with van der Waals surface area (Å²) in [5.74, 6) is 1.70. The quantitative estimate of drug-likeness (QED) is 0.791. The number of amides is 1. The van der Waals surface area contributed by atoms with E-state index in [2.05, 4.69) is 10.4 Å². The molecule has 0 spiro atoms. The molecule has 4 rings (SSSR count).